The largest absolute Gasteiger partial charge is 0.377 e. The van der Waals surface area contributed by atoms with Crippen LogP contribution in [0.1, 0.15) is 60.3 Å². The summed E-state index contributed by atoms with van der Waals surface area (Å²) in [5, 5.41) is 3.78. The molecule has 0 radical (unpaired) electrons. The van der Waals surface area contributed by atoms with E-state index < -0.39 is 0 Å². The third-order valence-electron chi connectivity index (χ3n) is 6.09. The molecule has 5 nitrogen and oxygen atoms in total. The van der Waals surface area contributed by atoms with Crippen LogP contribution in [-0.2, 0) is 9.47 Å². The average Bonchev–Trinajstić information content (AvgIpc) is 2.55. The number of fused-ring (bicyclic) bond motifs is 1. The molecule has 2 saturated heterocycles. The fraction of sp³-hybridized carbons (Fsp3) is 0.950. The van der Waals surface area contributed by atoms with E-state index in [0.717, 1.165) is 38.5 Å². The predicted molar refractivity (Wildman–Crippen MR) is 117 cm³/mol. The quantitative estimate of drug-likeness (QED) is 0.373. The summed E-state index contributed by atoms with van der Waals surface area (Å²) >= 11 is 0. The Morgan fingerprint density at radius 3 is 2.42 bits per heavy atom. The van der Waals surface area contributed by atoms with E-state index in [1.807, 2.05) is 7.05 Å². The van der Waals surface area contributed by atoms with Crippen LogP contribution in [0, 0.1) is 11.3 Å². The van der Waals surface area contributed by atoms with E-state index in [9.17, 15) is 0 Å². The van der Waals surface area contributed by atoms with E-state index in [0.29, 0.717) is 24.2 Å². The van der Waals surface area contributed by atoms with Crippen LogP contribution in [0.2, 0.25) is 0 Å². The highest BCUT2D eigenvalue weighted by Crippen LogP contribution is 2.51. The Morgan fingerprint density at radius 2 is 1.85 bits per heavy atom. The van der Waals surface area contributed by atoms with Gasteiger partial charge < -0.3 is 19.7 Å². The van der Waals surface area contributed by atoms with Crippen molar-refractivity contribution in [2.45, 2.75) is 84.2 Å². The minimum absolute atomic E-state index is 0. The topological polar surface area (TPSA) is 46.1 Å². The number of piperidine rings is 1. The molecule has 0 aromatic heterocycles. The number of ether oxygens (including phenoxy) is 2. The zero-order chi connectivity index (χ0) is 18.2. The zero-order valence-corrected chi connectivity index (χ0v) is 19.7. The Balaban J connectivity index is 0.00000243. The van der Waals surface area contributed by atoms with Gasteiger partial charge in [-0.1, -0.05) is 13.8 Å². The van der Waals surface area contributed by atoms with E-state index in [2.05, 4.69) is 49.8 Å². The van der Waals surface area contributed by atoms with Crippen LogP contribution in [0.3, 0.4) is 0 Å². The van der Waals surface area contributed by atoms with E-state index in [1.54, 1.807) is 0 Å². The molecule has 0 aromatic carbocycles. The summed E-state index contributed by atoms with van der Waals surface area (Å²) in [4.78, 5) is 6.98. The Kier molecular flexibility index (Phi) is 7.27. The molecule has 3 fully saturated rings. The highest BCUT2D eigenvalue weighted by Gasteiger charge is 2.58. The first kappa shape index (κ1) is 22.2. The zero-order valence-electron chi connectivity index (χ0n) is 17.4. The summed E-state index contributed by atoms with van der Waals surface area (Å²) < 4.78 is 12.2. The monoisotopic (exact) mass is 479 g/mol. The Hall–Kier alpha value is -0.0800. The molecule has 0 spiro atoms. The first-order chi connectivity index (χ1) is 11.7. The molecule has 2 heterocycles. The van der Waals surface area contributed by atoms with E-state index in [1.165, 1.54) is 12.8 Å². The van der Waals surface area contributed by atoms with Gasteiger partial charge in [-0.2, -0.15) is 0 Å². The molecule has 3 aliphatic rings. The smallest absolute Gasteiger partial charge is 0.193 e. The van der Waals surface area contributed by atoms with Gasteiger partial charge in [0.15, 0.2) is 5.96 Å². The van der Waals surface area contributed by atoms with Crippen LogP contribution < -0.4 is 5.32 Å². The molecule has 2 aliphatic heterocycles. The maximum Gasteiger partial charge on any atom is 0.193 e. The van der Waals surface area contributed by atoms with E-state index in [-0.39, 0.29) is 35.0 Å². The van der Waals surface area contributed by atoms with E-state index >= 15 is 0 Å². The van der Waals surface area contributed by atoms with Gasteiger partial charge in [-0.15, -0.1) is 24.0 Å². The summed E-state index contributed by atoms with van der Waals surface area (Å²) in [5.41, 5.74) is 0.118. The Bertz CT molecular complexity index is 496. The van der Waals surface area contributed by atoms with Gasteiger partial charge in [0, 0.05) is 44.1 Å². The van der Waals surface area contributed by atoms with Gasteiger partial charge in [-0.25, -0.2) is 0 Å². The normalized spacial score (nSPS) is 32.3. The predicted octanol–water partition coefficient (Wildman–Crippen LogP) is 3.66. The first-order valence-electron chi connectivity index (χ1n) is 10.00. The average molecular weight is 479 g/mol. The molecular formula is C20H38IN3O2. The molecule has 3 atom stereocenters. The van der Waals surface area contributed by atoms with E-state index in [4.69, 9.17) is 9.47 Å². The highest BCUT2D eigenvalue weighted by atomic mass is 127. The number of rotatable bonds is 2. The van der Waals surface area contributed by atoms with Gasteiger partial charge in [-0.3, -0.25) is 4.99 Å². The molecule has 6 heteroatoms. The first-order valence-corrected chi connectivity index (χ1v) is 10.00. The SMILES string of the molecule is CN=C(NC1C2CCCOC2C1(C)C)N1CCC(OC(C)(C)C)CC1.I. The van der Waals surface area contributed by atoms with Gasteiger partial charge in [0.05, 0.1) is 17.8 Å². The van der Waals surface area contributed by atoms with Gasteiger partial charge in [0.25, 0.3) is 0 Å². The second-order valence-electron chi connectivity index (χ2n) is 9.50. The summed E-state index contributed by atoms with van der Waals surface area (Å²) in [6.07, 6.45) is 5.37. The number of halogens is 1. The van der Waals surface area contributed by atoms with Crippen LogP contribution in [-0.4, -0.2) is 61.5 Å². The van der Waals surface area contributed by atoms with Crippen LogP contribution in [0.4, 0.5) is 0 Å². The van der Waals surface area contributed by atoms with Crippen LogP contribution in [0.25, 0.3) is 0 Å². The number of nitrogens with one attached hydrogen (secondary N) is 1. The number of nitrogens with zero attached hydrogens (tertiary/aromatic N) is 2. The van der Waals surface area contributed by atoms with Gasteiger partial charge >= 0.3 is 0 Å². The van der Waals surface area contributed by atoms with Crippen molar-refractivity contribution in [2.75, 3.05) is 26.7 Å². The maximum absolute atomic E-state index is 6.15. The molecule has 0 aromatic rings. The lowest BCUT2D eigenvalue weighted by atomic mass is 9.55. The number of hydrogen-bond acceptors (Lipinski definition) is 3. The molecule has 152 valence electrons. The van der Waals surface area contributed by atoms with Crippen molar-refractivity contribution in [1.29, 1.82) is 0 Å². The number of likely N-dealkylation sites (tertiary alicyclic amines) is 1. The van der Waals surface area contributed by atoms with Crippen molar-refractivity contribution >= 4 is 29.9 Å². The van der Waals surface area contributed by atoms with Gasteiger partial charge in [0.2, 0.25) is 0 Å². The summed E-state index contributed by atoms with van der Waals surface area (Å²) in [6, 6.07) is 0.458. The fourth-order valence-electron chi connectivity index (χ4n) is 4.94. The van der Waals surface area contributed by atoms with Crippen LogP contribution >= 0.6 is 24.0 Å². The van der Waals surface area contributed by atoms with Gasteiger partial charge in [0.1, 0.15) is 0 Å². The number of aliphatic imine (C=N–C) groups is 1. The summed E-state index contributed by atoms with van der Waals surface area (Å²) in [7, 11) is 1.90. The lowest BCUT2D eigenvalue weighted by molar-refractivity contribution is -0.188. The van der Waals surface area contributed by atoms with Crippen molar-refractivity contribution in [3.05, 3.63) is 0 Å². The fourth-order valence-corrected chi connectivity index (χ4v) is 4.94. The third kappa shape index (κ3) is 4.66. The van der Waals surface area contributed by atoms with Crippen molar-refractivity contribution in [3.8, 4) is 0 Å². The second-order valence-corrected chi connectivity index (χ2v) is 9.50. The third-order valence-corrected chi connectivity index (χ3v) is 6.09. The maximum atomic E-state index is 6.15. The van der Waals surface area contributed by atoms with Crippen molar-refractivity contribution in [3.63, 3.8) is 0 Å². The number of guanidine groups is 1. The molecular weight excluding hydrogens is 441 g/mol. The molecule has 3 rings (SSSR count). The standard InChI is InChI=1S/C20H37N3O2.HI/c1-19(2,3)25-14-9-11-23(12-10-14)18(21-6)22-16-15-8-7-13-24-17(15)20(16,4)5;/h14-17H,7-13H2,1-6H3,(H,21,22);1H. The molecule has 1 N–H and O–H groups in total. The minimum Gasteiger partial charge on any atom is -0.377 e. The molecule has 0 bridgehead atoms. The highest BCUT2D eigenvalue weighted by molar-refractivity contribution is 14.0. The lowest BCUT2D eigenvalue weighted by Crippen LogP contribution is -2.71. The molecule has 1 aliphatic carbocycles. The Labute approximate surface area is 176 Å². The summed E-state index contributed by atoms with van der Waals surface area (Å²) in [6.45, 7) is 14.0. The second kappa shape index (κ2) is 8.52. The van der Waals surface area contributed by atoms with Crippen LogP contribution in [0.5, 0.6) is 0 Å². The lowest BCUT2D eigenvalue weighted by Gasteiger charge is -2.60. The van der Waals surface area contributed by atoms with Crippen molar-refractivity contribution in [2.24, 2.45) is 16.3 Å². The molecule has 26 heavy (non-hydrogen) atoms. The molecule has 0 amide bonds. The Morgan fingerprint density at radius 1 is 1.19 bits per heavy atom. The van der Waals surface area contributed by atoms with Crippen LogP contribution in [0.15, 0.2) is 4.99 Å². The van der Waals surface area contributed by atoms with Gasteiger partial charge in [-0.05, 0) is 46.5 Å². The molecule has 1 saturated carbocycles. The number of hydrogen-bond donors (Lipinski definition) is 1. The minimum atomic E-state index is -0.0568. The molecule has 3 unspecified atom stereocenters. The summed E-state index contributed by atoms with van der Waals surface area (Å²) in [5.74, 6) is 1.68. The van der Waals surface area contributed by atoms with Crippen molar-refractivity contribution in [1.82, 2.24) is 10.2 Å². The van der Waals surface area contributed by atoms with Crippen molar-refractivity contribution < 1.29 is 9.47 Å².